The van der Waals surface area contributed by atoms with Gasteiger partial charge in [0.1, 0.15) is 17.4 Å². The van der Waals surface area contributed by atoms with Crippen LogP contribution in [-0.2, 0) is 16.4 Å². The third kappa shape index (κ3) is 5.15. The number of halogens is 2. The summed E-state index contributed by atoms with van der Waals surface area (Å²) in [6.45, 7) is 5.50. The summed E-state index contributed by atoms with van der Waals surface area (Å²) >= 11 is 0. The highest BCUT2D eigenvalue weighted by Crippen LogP contribution is 2.37. The molecule has 37 heavy (non-hydrogen) atoms. The van der Waals surface area contributed by atoms with Crippen molar-refractivity contribution in [3.63, 3.8) is 0 Å². The molecule has 0 aliphatic carbocycles. The van der Waals surface area contributed by atoms with Crippen molar-refractivity contribution in [2.75, 3.05) is 49.0 Å². The van der Waals surface area contributed by atoms with E-state index in [1.807, 2.05) is 25.1 Å². The quantitative estimate of drug-likeness (QED) is 0.469. The number of benzene rings is 3. The Morgan fingerprint density at radius 1 is 0.892 bits per heavy atom. The SMILES string of the molecule is COc1cc(F)ccc1N1CCN(CC2CCc3cc(C)ccc3N2S(=O)(=O)c2ccc(F)cc2)CC1. The van der Waals surface area contributed by atoms with Crippen molar-refractivity contribution >= 4 is 21.4 Å². The summed E-state index contributed by atoms with van der Waals surface area (Å²) in [7, 11) is -2.36. The summed E-state index contributed by atoms with van der Waals surface area (Å²) in [5.41, 5.74) is 3.64. The van der Waals surface area contributed by atoms with Crippen molar-refractivity contribution in [2.45, 2.75) is 30.7 Å². The maximum Gasteiger partial charge on any atom is 0.264 e. The van der Waals surface area contributed by atoms with Gasteiger partial charge in [-0.3, -0.25) is 9.21 Å². The number of fused-ring (bicyclic) bond motifs is 1. The molecule has 9 heteroatoms. The molecule has 2 heterocycles. The van der Waals surface area contributed by atoms with Gasteiger partial charge >= 0.3 is 0 Å². The molecule has 196 valence electrons. The molecule has 0 spiro atoms. The maximum atomic E-state index is 13.9. The summed E-state index contributed by atoms with van der Waals surface area (Å²) in [5.74, 6) is -0.306. The van der Waals surface area contributed by atoms with Gasteiger partial charge in [0.2, 0.25) is 0 Å². The minimum atomic E-state index is -3.89. The lowest BCUT2D eigenvalue weighted by Gasteiger charge is -2.43. The fraction of sp³-hybridized carbons (Fsp3) is 0.357. The van der Waals surface area contributed by atoms with E-state index in [9.17, 15) is 17.2 Å². The van der Waals surface area contributed by atoms with Gasteiger partial charge in [-0.15, -0.1) is 0 Å². The lowest BCUT2D eigenvalue weighted by Crippen LogP contribution is -2.54. The third-order valence-electron chi connectivity index (χ3n) is 7.25. The van der Waals surface area contributed by atoms with Crippen LogP contribution in [-0.4, -0.2) is 59.2 Å². The lowest BCUT2D eigenvalue weighted by molar-refractivity contribution is 0.237. The van der Waals surface area contributed by atoms with Crippen LogP contribution in [0.15, 0.2) is 65.6 Å². The van der Waals surface area contributed by atoms with Gasteiger partial charge in [0, 0.05) is 38.8 Å². The van der Waals surface area contributed by atoms with E-state index in [0.717, 1.165) is 49.4 Å². The molecule has 0 aromatic heterocycles. The van der Waals surface area contributed by atoms with E-state index < -0.39 is 15.8 Å². The third-order valence-corrected chi connectivity index (χ3v) is 9.13. The van der Waals surface area contributed by atoms with Crippen LogP contribution in [0.5, 0.6) is 5.75 Å². The zero-order chi connectivity index (χ0) is 26.2. The minimum Gasteiger partial charge on any atom is -0.494 e. The predicted molar refractivity (Wildman–Crippen MR) is 141 cm³/mol. The van der Waals surface area contributed by atoms with E-state index in [1.165, 1.54) is 43.5 Å². The highest BCUT2D eigenvalue weighted by molar-refractivity contribution is 7.92. The Morgan fingerprint density at radius 3 is 2.27 bits per heavy atom. The molecule has 3 aromatic rings. The van der Waals surface area contributed by atoms with Gasteiger partial charge < -0.3 is 9.64 Å². The number of methoxy groups -OCH3 is 1. The topological polar surface area (TPSA) is 53.1 Å². The number of nitrogens with zero attached hydrogens (tertiary/aromatic N) is 3. The van der Waals surface area contributed by atoms with Crippen LogP contribution in [0.1, 0.15) is 17.5 Å². The largest absolute Gasteiger partial charge is 0.494 e. The van der Waals surface area contributed by atoms with E-state index in [1.54, 1.807) is 10.4 Å². The fourth-order valence-electron chi connectivity index (χ4n) is 5.36. The van der Waals surface area contributed by atoms with Gasteiger partial charge in [0.05, 0.1) is 29.4 Å². The van der Waals surface area contributed by atoms with Crippen LogP contribution in [0.3, 0.4) is 0 Å². The first-order chi connectivity index (χ1) is 17.8. The van der Waals surface area contributed by atoms with Crippen molar-refractivity contribution in [3.05, 3.63) is 83.4 Å². The summed E-state index contributed by atoms with van der Waals surface area (Å²) in [4.78, 5) is 4.53. The summed E-state index contributed by atoms with van der Waals surface area (Å²) < 4.78 is 61.9. The molecule has 1 atom stereocenters. The molecule has 6 nitrogen and oxygen atoms in total. The molecular weight excluding hydrogens is 496 g/mol. The molecule has 0 bridgehead atoms. The molecule has 1 saturated heterocycles. The first-order valence-electron chi connectivity index (χ1n) is 12.5. The molecule has 0 radical (unpaired) electrons. The highest BCUT2D eigenvalue weighted by atomic mass is 32.2. The average molecular weight is 528 g/mol. The van der Waals surface area contributed by atoms with E-state index in [2.05, 4.69) is 9.80 Å². The minimum absolute atomic E-state index is 0.0838. The number of aryl methyl sites for hydroxylation is 2. The highest BCUT2D eigenvalue weighted by Gasteiger charge is 2.37. The number of sulfonamides is 1. The zero-order valence-corrected chi connectivity index (χ0v) is 21.8. The van der Waals surface area contributed by atoms with Gasteiger partial charge in [-0.2, -0.15) is 0 Å². The zero-order valence-electron chi connectivity index (χ0n) is 21.0. The van der Waals surface area contributed by atoms with Crippen molar-refractivity contribution < 1.29 is 21.9 Å². The van der Waals surface area contributed by atoms with Crippen LogP contribution < -0.4 is 13.9 Å². The second kappa shape index (κ2) is 10.3. The van der Waals surface area contributed by atoms with Gasteiger partial charge in [-0.25, -0.2) is 17.2 Å². The standard InChI is InChI=1S/C28H31F2N3O3S/c1-20-3-11-26-21(17-20)4-8-24(33(26)37(34,35)25-9-5-22(29)6-10-25)19-31-13-15-32(16-14-31)27-12-7-23(30)18-28(27)36-2/h3,5-7,9-12,17-18,24H,4,8,13-16,19H2,1-2H3. The van der Waals surface area contributed by atoms with Crippen LogP contribution in [0.4, 0.5) is 20.2 Å². The van der Waals surface area contributed by atoms with Crippen molar-refractivity contribution in [1.29, 1.82) is 0 Å². The van der Waals surface area contributed by atoms with Crippen LogP contribution in [0.25, 0.3) is 0 Å². The molecule has 2 aliphatic heterocycles. The van der Waals surface area contributed by atoms with E-state index >= 15 is 0 Å². The molecule has 3 aromatic carbocycles. The summed E-state index contributed by atoms with van der Waals surface area (Å²) in [6.07, 6.45) is 1.49. The molecule has 2 aliphatic rings. The lowest BCUT2D eigenvalue weighted by atomic mass is 9.96. The summed E-state index contributed by atoms with van der Waals surface area (Å²) in [6, 6.07) is 15.2. The monoisotopic (exact) mass is 527 g/mol. The van der Waals surface area contributed by atoms with Crippen LogP contribution in [0.2, 0.25) is 0 Å². The van der Waals surface area contributed by atoms with Gasteiger partial charge in [0.15, 0.2) is 0 Å². The Hall–Kier alpha value is -3.17. The number of hydrogen-bond acceptors (Lipinski definition) is 5. The van der Waals surface area contributed by atoms with E-state index in [0.29, 0.717) is 24.4 Å². The number of ether oxygens (including phenoxy) is 1. The Bertz CT molecular complexity index is 1370. The normalized spacial score (nSPS) is 18.5. The Balaban J connectivity index is 1.38. The number of piperazine rings is 1. The number of rotatable bonds is 6. The second-order valence-electron chi connectivity index (χ2n) is 9.68. The predicted octanol–water partition coefficient (Wildman–Crippen LogP) is 4.61. The van der Waals surface area contributed by atoms with Gasteiger partial charge in [0.25, 0.3) is 10.0 Å². The van der Waals surface area contributed by atoms with Crippen molar-refractivity contribution in [1.82, 2.24) is 4.90 Å². The van der Waals surface area contributed by atoms with E-state index in [-0.39, 0.29) is 16.8 Å². The molecule has 0 N–H and O–H groups in total. The molecule has 0 saturated carbocycles. The Labute approximate surface area is 217 Å². The van der Waals surface area contributed by atoms with E-state index in [4.69, 9.17) is 4.74 Å². The molecule has 5 rings (SSSR count). The maximum absolute atomic E-state index is 13.9. The van der Waals surface area contributed by atoms with Gasteiger partial charge in [-0.1, -0.05) is 17.7 Å². The average Bonchev–Trinajstić information content (AvgIpc) is 2.89. The van der Waals surface area contributed by atoms with Crippen LogP contribution in [0, 0.1) is 18.6 Å². The number of anilines is 2. The molecule has 0 amide bonds. The molecule has 1 unspecified atom stereocenters. The van der Waals surface area contributed by atoms with Crippen molar-refractivity contribution in [2.24, 2.45) is 0 Å². The summed E-state index contributed by atoms with van der Waals surface area (Å²) in [5, 5.41) is 0. The number of hydrogen-bond donors (Lipinski definition) is 0. The first-order valence-corrected chi connectivity index (χ1v) is 13.9. The second-order valence-corrected chi connectivity index (χ2v) is 11.5. The smallest absolute Gasteiger partial charge is 0.264 e. The Morgan fingerprint density at radius 2 is 1.57 bits per heavy atom. The molecule has 1 fully saturated rings. The fourth-order valence-corrected chi connectivity index (χ4v) is 7.07. The molecular formula is C28H31F2N3O3S. The van der Waals surface area contributed by atoms with Crippen LogP contribution >= 0.6 is 0 Å². The van der Waals surface area contributed by atoms with Crippen molar-refractivity contribution in [3.8, 4) is 5.75 Å². The first kappa shape index (κ1) is 25.5. The Kier molecular flexibility index (Phi) is 7.09. The van der Waals surface area contributed by atoms with Gasteiger partial charge in [-0.05, 0) is 67.8 Å².